The number of nitrogens with one attached hydrogen (secondary N) is 1. The van der Waals surface area contributed by atoms with Gasteiger partial charge < -0.3 is 15.1 Å². The minimum atomic E-state index is 0.0782. The van der Waals surface area contributed by atoms with Crippen molar-refractivity contribution in [3.8, 4) is 0 Å². The lowest BCUT2D eigenvalue weighted by Crippen LogP contribution is -2.40. The first-order chi connectivity index (χ1) is 11.5. The van der Waals surface area contributed by atoms with Crippen LogP contribution in [0.25, 0.3) is 0 Å². The van der Waals surface area contributed by atoms with Gasteiger partial charge in [-0.15, -0.1) is 0 Å². The van der Waals surface area contributed by atoms with Crippen LogP contribution in [0.1, 0.15) is 49.7 Å². The zero-order valence-corrected chi connectivity index (χ0v) is 15.3. The Hall–Kier alpha value is -1.69. The van der Waals surface area contributed by atoms with E-state index >= 15 is 0 Å². The predicted molar refractivity (Wildman–Crippen MR) is 95.0 cm³/mol. The number of rotatable bonds is 3. The Morgan fingerprint density at radius 3 is 2.54 bits per heavy atom. The maximum Gasteiger partial charge on any atom is 0.225 e. The molecule has 1 aromatic rings. The fourth-order valence-electron chi connectivity index (χ4n) is 3.68. The van der Waals surface area contributed by atoms with E-state index in [9.17, 15) is 4.79 Å². The topological polar surface area (TPSA) is 61.4 Å². The van der Waals surface area contributed by atoms with Gasteiger partial charge in [-0.1, -0.05) is 13.8 Å². The first-order valence-electron chi connectivity index (χ1n) is 9.04. The number of carbonyl (C=O) groups excluding carboxylic acids is 1. The zero-order chi connectivity index (χ0) is 17.3. The molecule has 132 valence electrons. The summed E-state index contributed by atoms with van der Waals surface area (Å²) in [5, 5.41) is 3.25. The van der Waals surface area contributed by atoms with Crippen LogP contribution >= 0.6 is 0 Å². The van der Waals surface area contributed by atoms with E-state index in [1.807, 2.05) is 25.8 Å². The highest BCUT2D eigenvalue weighted by atomic mass is 16.2. The quantitative estimate of drug-likeness (QED) is 0.916. The molecule has 0 atom stereocenters. The second kappa shape index (κ2) is 7.05. The molecule has 0 radical (unpaired) electrons. The van der Waals surface area contributed by atoms with Crippen LogP contribution < -0.4 is 5.32 Å². The molecule has 0 bridgehead atoms. The number of hydrogen-bond acceptors (Lipinski definition) is 5. The third kappa shape index (κ3) is 3.38. The van der Waals surface area contributed by atoms with Gasteiger partial charge in [-0.3, -0.25) is 4.79 Å². The Morgan fingerprint density at radius 2 is 1.92 bits per heavy atom. The van der Waals surface area contributed by atoms with Gasteiger partial charge in [-0.05, 0) is 19.9 Å². The fourth-order valence-corrected chi connectivity index (χ4v) is 3.68. The van der Waals surface area contributed by atoms with Crippen LogP contribution in [0.3, 0.4) is 0 Å². The van der Waals surface area contributed by atoms with Crippen molar-refractivity contribution in [1.29, 1.82) is 0 Å². The molecule has 0 aromatic carbocycles. The fraction of sp³-hybridized carbons (Fsp3) is 0.722. The molecule has 0 spiro atoms. The highest BCUT2D eigenvalue weighted by Crippen LogP contribution is 2.30. The lowest BCUT2D eigenvalue weighted by atomic mass is 9.94. The number of hydrogen-bond donors (Lipinski definition) is 1. The van der Waals surface area contributed by atoms with E-state index in [2.05, 4.69) is 17.3 Å². The van der Waals surface area contributed by atoms with Crippen molar-refractivity contribution < 1.29 is 4.79 Å². The van der Waals surface area contributed by atoms with Gasteiger partial charge in [0.2, 0.25) is 5.91 Å². The van der Waals surface area contributed by atoms with Crippen LogP contribution in [-0.4, -0.2) is 59.4 Å². The van der Waals surface area contributed by atoms with E-state index in [0.717, 1.165) is 57.1 Å². The van der Waals surface area contributed by atoms with Gasteiger partial charge in [0.1, 0.15) is 11.6 Å². The van der Waals surface area contributed by atoms with Crippen LogP contribution in [-0.2, 0) is 17.8 Å². The second-order valence-electron chi connectivity index (χ2n) is 7.35. The molecule has 6 heteroatoms. The normalized spacial score (nSPS) is 19.5. The molecular weight excluding hydrogens is 302 g/mol. The number of anilines is 1. The number of aromatic nitrogens is 2. The number of fused-ring (bicyclic) bond motifs is 1. The number of nitrogens with zero attached hydrogens (tertiary/aromatic N) is 4. The molecule has 1 fully saturated rings. The third-order valence-corrected chi connectivity index (χ3v) is 5.17. The lowest BCUT2D eigenvalue weighted by molar-refractivity contribution is -0.135. The first-order valence-corrected chi connectivity index (χ1v) is 9.04. The summed E-state index contributed by atoms with van der Waals surface area (Å²) >= 11 is 0. The van der Waals surface area contributed by atoms with Crippen LogP contribution in [0.4, 0.5) is 5.82 Å². The van der Waals surface area contributed by atoms with Crippen molar-refractivity contribution in [1.82, 2.24) is 19.8 Å². The van der Waals surface area contributed by atoms with Crippen molar-refractivity contribution >= 4 is 11.7 Å². The van der Waals surface area contributed by atoms with Crippen LogP contribution in [0, 0.1) is 5.92 Å². The van der Waals surface area contributed by atoms with Gasteiger partial charge in [0.05, 0.1) is 5.69 Å². The van der Waals surface area contributed by atoms with Crippen molar-refractivity contribution in [2.24, 2.45) is 5.92 Å². The summed E-state index contributed by atoms with van der Waals surface area (Å²) in [5.41, 5.74) is 2.44. The van der Waals surface area contributed by atoms with Crippen molar-refractivity contribution in [2.75, 3.05) is 39.0 Å². The Kier molecular flexibility index (Phi) is 5.04. The minimum absolute atomic E-state index is 0.0782. The molecule has 0 saturated carbocycles. The standard InChI is InChI=1S/C18H29N5O/c1-12(2)18(24)23-9-5-13(6-10-23)16-20-15-7-8-22(4)11-14(15)17(19-3)21-16/h12-13H,5-11H2,1-4H3,(H,19,20,21). The molecule has 0 aliphatic carbocycles. The van der Waals surface area contributed by atoms with E-state index in [4.69, 9.17) is 9.97 Å². The number of likely N-dealkylation sites (N-methyl/N-ethyl adjacent to an activating group) is 1. The molecule has 2 aliphatic rings. The van der Waals surface area contributed by atoms with Crippen molar-refractivity contribution in [3.05, 3.63) is 17.1 Å². The Bertz CT molecular complexity index is 590. The van der Waals surface area contributed by atoms with Crippen molar-refractivity contribution in [3.63, 3.8) is 0 Å². The summed E-state index contributed by atoms with van der Waals surface area (Å²) in [6.45, 7) is 7.54. The molecule has 0 unspecified atom stereocenters. The number of carbonyl (C=O) groups is 1. The maximum atomic E-state index is 12.1. The van der Waals surface area contributed by atoms with Gasteiger partial charge in [0, 0.05) is 57.0 Å². The highest BCUT2D eigenvalue weighted by molar-refractivity contribution is 5.78. The van der Waals surface area contributed by atoms with E-state index in [0.29, 0.717) is 5.92 Å². The molecule has 24 heavy (non-hydrogen) atoms. The maximum absolute atomic E-state index is 12.1. The predicted octanol–water partition coefficient (Wildman–Crippen LogP) is 1.87. The van der Waals surface area contributed by atoms with Gasteiger partial charge in [0.15, 0.2) is 0 Å². The van der Waals surface area contributed by atoms with E-state index in [-0.39, 0.29) is 11.8 Å². The van der Waals surface area contributed by atoms with Gasteiger partial charge in [-0.25, -0.2) is 9.97 Å². The molecule has 2 aliphatic heterocycles. The van der Waals surface area contributed by atoms with Crippen LogP contribution in [0.5, 0.6) is 0 Å². The molecule has 1 aromatic heterocycles. The molecular formula is C18H29N5O. The average Bonchev–Trinajstić information content (AvgIpc) is 2.60. The highest BCUT2D eigenvalue weighted by Gasteiger charge is 2.28. The van der Waals surface area contributed by atoms with Gasteiger partial charge in [0.25, 0.3) is 0 Å². The number of piperidine rings is 1. The minimum Gasteiger partial charge on any atom is -0.373 e. The zero-order valence-electron chi connectivity index (χ0n) is 15.3. The molecule has 3 rings (SSSR count). The van der Waals surface area contributed by atoms with E-state index < -0.39 is 0 Å². The second-order valence-corrected chi connectivity index (χ2v) is 7.35. The lowest BCUT2D eigenvalue weighted by Gasteiger charge is -2.33. The molecule has 6 nitrogen and oxygen atoms in total. The smallest absolute Gasteiger partial charge is 0.225 e. The summed E-state index contributed by atoms with van der Waals surface area (Å²) in [5.74, 6) is 2.63. The third-order valence-electron chi connectivity index (χ3n) is 5.17. The van der Waals surface area contributed by atoms with E-state index in [1.54, 1.807) is 0 Å². The number of likely N-dealkylation sites (tertiary alicyclic amines) is 1. The van der Waals surface area contributed by atoms with Crippen LogP contribution in [0.15, 0.2) is 0 Å². The van der Waals surface area contributed by atoms with E-state index in [1.165, 1.54) is 11.3 Å². The summed E-state index contributed by atoms with van der Waals surface area (Å²) in [6, 6.07) is 0. The summed E-state index contributed by atoms with van der Waals surface area (Å²) in [6.07, 6.45) is 2.90. The van der Waals surface area contributed by atoms with Gasteiger partial charge in [-0.2, -0.15) is 0 Å². The largest absolute Gasteiger partial charge is 0.373 e. The monoisotopic (exact) mass is 331 g/mol. The Balaban J connectivity index is 1.75. The van der Waals surface area contributed by atoms with Gasteiger partial charge >= 0.3 is 0 Å². The first kappa shape index (κ1) is 17.1. The van der Waals surface area contributed by atoms with Crippen LogP contribution in [0.2, 0.25) is 0 Å². The van der Waals surface area contributed by atoms with Crippen molar-refractivity contribution in [2.45, 2.75) is 45.6 Å². The molecule has 3 heterocycles. The number of amides is 1. The Morgan fingerprint density at radius 1 is 1.21 bits per heavy atom. The molecule has 1 amide bonds. The molecule has 1 saturated heterocycles. The average molecular weight is 331 g/mol. The summed E-state index contributed by atoms with van der Waals surface area (Å²) < 4.78 is 0. The SMILES string of the molecule is CNc1nc(C2CCN(C(=O)C(C)C)CC2)nc2c1CN(C)CC2. The molecule has 1 N–H and O–H groups in total. The summed E-state index contributed by atoms with van der Waals surface area (Å²) in [4.78, 5) is 26.2. The summed E-state index contributed by atoms with van der Waals surface area (Å²) in [7, 11) is 4.07. The Labute approximate surface area is 144 Å².